The molecule has 0 aliphatic rings. The van der Waals surface area contributed by atoms with E-state index in [4.69, 9.17) is 0 Å². The minimum atomic E-state index is -3.90. The van der Waals surface area contributed by atoms with Crippen molar-refractivity contribution in [2.75, 3.05) is 0 Å². The van der Waals surface area contributed by atoms with Crippen LogP contribution in [-0.2, 0) is 17.1 Å². The smallest absolute Gasteiger partial charge is 0.299 e. The van der Waals surface area contributed by atoms with Gasteiger partial charge in [-0.2, -0.15) is 8.42 Å². The SMILES string of the molecule is Cn1c(O)c(N=NS(=O)(=O)c2ccccc2)c2ccccc21. The number of aromatic nitrogens is 1. The summed E-state index contributed by atoms with van der Waals surface area (Å²) in [7, 11) is -2.23. The fraction of sp³-hybridized carbons (Fsp3) is 0.0667. The minimum absolute atomic E-state index is 0.0541. The summed E-state index contributed by atoms with van der Waals surface area (Å²) in [4.78, 5) is 0.0541. The normalized spacial score (nSPS) is 12.2. The number of aryl methyl sites for hydroxylation is 1. The van der Waals surface area contributed by atoms with Crippen LogP contribution in [0, 0.1) is 0 Å². The topological polar surface area (TPSA) is 84.0 Å². The van der Waals surface area contributed by atoms with Gasteiger partial charge in [-0.05, 0) is 18.2 Å². The van der Waals surface area contributed by atoms with Crippen molar-refractivity contribution >= 4 is 26.6 Å². The van der Waals surface area contributed by atoms with Gasteiger partial charge in [0.1, 0.15) is 0 Å². The van der Waals surface area contributed by atoms with Gasteiger partial charge in [-0.1, -0.05) is 40.9 Å². The van der Waals surface area contributed by atoms with Gasteiger partial charge in [0.25, 0.3) is 10.0 Å². The van der Waals surface area contributed by atoms with E-state index in [1.807, 2.05) is 6.07 Å². The Morgan fingerprint density at radius 1 is 1.00 bits per heavy atom. The molecule has 0 aliphatic heterocycles. The largest absolute Gasteiger partial charge is 0.493 e. The molecule has 0 saturated carbocycles. The van der Waals surface area contributed by atoms with E-state index in [0.717, 1.165) is 5.52 Å². The third kappa shape index (κ3) is 2.35. The van der Waals surface area contributed by atoms with Crippen molar-refractivity contribution in [3.8, 4) is 5.88 Å². The molecule has 3 rings (SSSR count). The van der Waals surface area contributed by atoms with Gasteiger partial charge in [0.15, 0.2) is 5.69 Å². The molecule has 1 heterocycles. The van der Waals surface area contributed by atoms with Gasteiger partial charge in [-0.3, -0.25) is 0 Å². The highest BCUT2D eigenvalue weighted by Crippen LogP contribution is 2.38. The minimum Gasteiger partial charge on any atom is -0.493 e. The van der Waals surface area contributed by atoms with Crippen molar-refractivity contribution in [1.82, 2.24) is 4.57 Å². The van der Waals surface area contributed by atoms with Crippen LogP contribution in [0.25, 0.3) is 10.9 Å². The molecule has 0 bridgehead atoms. The molecule has 1 aromatic heterocycles. The third-order valence-corrected chi connectivity index (χ3v) is 4.50. The zero-order chi connectivity index (χ0) is 15.7. The molecule has 0 aliphatic carbocycles. The predicted molar refractivity (Wildman–Crippen MR) is 82.7 cm³/mol. The molecule has 112 valence electrons. The number of para-hydroxylation sites is 1. The molecular formula is C15H13N3O3S. The van der Waals surface area contributed by atoms with Crippen LogP contribution in [0.15, 0.2) is 69.1 Å². The summed E-state index contributed by atoms with van der Waals surface area (Å²) in [5.41, 5.74) is 0.878. The fourth-order valence-corrected chi connectivity index (χ4v) is 2.98. The summed E-state index contributed by atoms with van der Waals surface area (Å²) in [6.07, 6.45) is 0. The lowest BCUT2D eigenvalue weighted by molar-refractivity contribution is 0.436. The van der Waals surface area contributed by atoms with Crippen LogP contribution in [0.1, 0.15) is 0 Å². The lowest BCUT2D eigenvalue weighted by Gasteiger charge is -1.97. The maximum Gasteiger partial charge on any atom is 0.299 e. The highest BCUT2D eigenvalue weighted by molar-refractivity contribution is 7.90. The first kappa shape index (κ1) is 14.3. The van der Waals surface area contributed by atoms with E-state index in [-0.39, 0.29) is 16.5 Å². The average Bonchev–Trinajstić information content (AvgIpc) is 2.78. The van der Waals surface area contributed by atoms with E-state index in [2.05, 4.69) is 9.63 Å². The summed E-state index contributed by atoms with van der Waals surface area (Å²) in [5, 5.41) is 14.5. The van der Waals surface area contributed by atoms with Crippen LogP contribution in [0.3, 0.4) is 0 Å². The van der Waals surface area contributed by atoms with E-state index in [1.54, 1.807) is 43.4 Å². The monoisotopic (exact) mass is 315 g/mol. The fourth-order valence-electron chi connectivity index (χ4n) is 2.19. The molecule has 6 nitrogen and oxygen atoms in total. The first-order valence-corrected chi connectivity index (χ1v) is 7.94. The molecule has 0 spiro atoms. The number of aromatic hydroxyl groups is 1. The zero-order valence-electron chi connectivity index (χ0n) is 11.7. The number of sulfonamides is 1. The lowest BCUT2D eigenvalue weighted by Crippen LogP contribution is -1.94. The van der Waals surface area contributed by atoms with E-state index < -0.39 is 10.0 Å². The lowest BCUT2D eigenvalue weighted by atomic mass is 10.2. The van der Waals surface area contributed by atoms with Gasteiger partial charge in [0, 0.05) is 12.4 Å². The summed E-state index contributed by atoms with van der Waals surface area (Å²) in [6.45, 7) is 0. The van der Waals surface area contributed by atoms with Crippen LogP contribution in [0.5, 0.6) is 5.88 Å². The molecule has 1 N–H and O–H groups in total. The Hall–Kier alpha value is -2.67. The summed E-state index contributed by atoms with van der Waals surface area (Å²) >= 11 is 0. The van der Waals surface area contributed by atoms with Crippen LogP contribution in [0.4, 0.5) is 5.69 Å². The van der Waals surface area contributed by atoms with Crippen molar-refractivity contribution in [2.45, 2.75) is 4.90 Å². The quantitative estimate of drug-likeness (QED) is 0.752. The van der Waals surface area contributed by atoms with E-state index >= 15 is 0 Å². The molecule has 22 heavy (non-hydrogen) atoms. The molecule has 0 atom stereocenters. The second kappa shape index (κ2) is 5.27. The van der Waals surface area contributed by atoms with Gasteiger partial charge in [-0.15, -0.1) is 5.11 Å². The highest BCUT2D eigenvalue weighted by atomic mass is 32.2. The summed E-state index contributed by atoms with van der Waals surface area (Å²) < 4.78 is 29.2. The van der Waals surface area contributed by atoms with Gasteiger partial charge in [0.2, 0.25) is 5.88 Å². The van der Waals surface area contributed by atoms with Crippen molar-refractivity contribution < 1.29 is 13.5 Å². The Bertz CT molecular complexity index is 960. The highest BCUT2D eigenvalue weighted by Gasteiger charge is 2.16. The number of hydrogen-bond donors (Lipinski definition) is 1. The first-order valence-electron chi connectivity index (χ1n) is 6.50. The van der Waals surface area contributed by atoms with Gasteiger partial charge >= 0.3 is 0 Å². The van der Waals surface area contributed by atoms with Gasteiger partial charge in [0.05, 0.1) is 10.4 Å². The van der Waals surface area contributed by atoms with Gasteiger partial charge < -0.3 is 9.67 Å². The predicted octanol–water partition coefficient (Wildman–Crippen LogP) is 3.36. The Labute approximate surface area is 127 Å². The van der Waals surface area contributed by atoms with Crippen LogP contribution < -0.4 is 0 Å². The van der Waals surface area contributed by atoms with E-state index in [9.17, 15) is 13.5 Å². The molecule has 0 saturated heterocycles. The number of rotatable bonds is 3. The number of nitrogens with zero attached hydrogens (tertiary/aromatic N) is 3. The molecule has 0 fully saturated rings. The molecule has 7 heteroatoms. The maximum atomic E-state index is 12.1. The second-order valence-electron chi connectivity index (χ2n) is 4.72. The van der Waals surface area contributed by atoms with Crippen molar-refractivity contribution in [3.63, 3.8) is 0 Å². The van der Waals surface area contributed by atoms with Crippen molar-refractivity contribution in [2.24, 2.45) is 16.7 Å². The standard InChI is InChI=1S/C15H13N3O3S/c1-18-13-10-6-5-9-12(13)14(15(18)19)16-17-22(20,21)11-7-3-2-4-8-11/h2-10,19H,1H3. The van der Waals surface area contributed by atoms with E-state index in [0.29, 0.717) is 5.39 Å². The summed E-state index contributed by atoms with van der Waals surface area (Å²) in [6, 6.07) is 15.0. The van der Waals surface area contributed by atoms with Crippen molar-refractivity contribution in [1.29, 1.82) is 0 Å². The molecule has 0 amide bonds. The summed E-state index contributed by atoms with van der Waals surface area (Å²) in [5.74, 6) is -0.131. The molecular weight excluding hydrogens is 302 g/mol. The Morgan fingerprint density at radius 2 is 1.64 bits per heavy atom. The van der Waals surface area contributed by atoms with E-state index in [1.165, 1.54) is 16.7 Å². The maximum absolute atomic E-state index is 12.1. The molecule has 3 aromatic rings. The average molecular weight is 315 g/mol. The molecule has 2 aromatic carbocycles. The van der Waals surface area contributed by atoms with Gasteiger partial charge in [-0.25, -0.2) is 0 Å². The second-order valence-corrected chi connectivity index (χ2v) is 6.30. The Morgan fingerprint density at radius 3 is 2.36 bits per heavy atom. The first-order chi connectivity index (χ1) is 10.5. The van der Waals surface area contributed by atoms with Crippen molar-refractivity contribution in [3.05, 3.63) is 54.6 Å². The number of benzene rings is 2. The zero-order valence-corrected chi connectivity index (χ0v) is 12.5. The van der Waals surface area contributed by atoms with Crippen LogP contribution in [0.2, 0.25) is 0 Å². The third-order valence-electron chi connectivity index (χ3n) is 3.34. The molecule has 0 unspecified atom stereocenters. The van der Waals surface area contributed by atoms with Crippen LogP contribution >= 0.6 is 0 Å². The Kier molecular flexibility index (Phi) is 3.42. The van der Waals surface area contributed by atoms with Crippen LogP contribution in [-0.4, -0.2) is 18.1 Å². The molecule has 0 radical (unpaired) electrons. The Balaban J connectivity index is 2.09. The number of hydrogen-bond acceptors (Lipinski definition) is 4. The number of fused-ring (bicyclic) bond motifs is 1.